The number of ether oxygens (including phenoxy) is 1. The smallest absolute Gasteiger partial charge is 0.417 e. The first-order chi connectivity index (χ1) is 30.7. The number of hydrogen-bond donors (Lipinski definition) is 2. The minimum absolute atomic E-state index is 0.0948. The third-order valence-electron chi connectivity index (χ3n) is 12.9. The van der Waals surface area contributed by atoms with Crippen LogP contribution in [0, 0.1) is 23.7 Å². The number of hydrogen-bond acceptors (Lipinski definition) is 10. The molecule has 10 rings (SSSR count). The first-order valence-electron chi connectivity index (χ1n) is 20.3. The highest BCUT2D eigenvalue weighted by Gasteiger charge is 2.71. The molecule has 0 unspecified atom stereocenters. The van der Waals surface area contributed by atoms with E-state index >= 15 is 9.59 Å². The van der Waals surface area contributed by atoms with Crippen molar-refractivity contribution in [3.05, 3.63) is 142 Å². The average molecular weight is 909 g/mol. The number of pyridine rings is 1. The van der Waals surface area contributed by atoms with Crippen molar-refractivity contribution in [3.63, 3.8) is 0 Å². The van der Waals surface area contributed by atoms with Crippen molar-refractivity contribution in [3.8, 4) is 23.0 Å². The predicted molar refractivity (Wildman–Crippen MR) is 228 cm³/mol. The number of aromatic nitrogens is 2. The number of oxazole rings is 1. The number of aromatic hydroxyl groups is 1. The summed E-state index contributed by atoms with van der Waals surface area (Å²) in [6.07, 6.45) is -2.45. The van der Waals surface area contributed by atoms with E-state index < -0.39 is 81.2 Å². The Bertz CT molecular complexity index is 2930. The molecular weight excluding hydrogens is 874 g/mol. The maximum absolute atomic E-state index is 15.5. The number of allylic oxidation sites excluding steroid dienone is 2. The number of nitrogens with zero attached hydrogens (tertiary/aromatic N) is 4. The van der Waals surface area contributed by atoms with Gasteiger partial charge in [0.15, 0.2) is 22.9 Å². The van der Waals surface area contributed by atoms with Gasteiger partial charge in [0.2, 0.25) is 17.7 Å². The highest BCUT2D eigenvalue weighted by atomic mass is 35.5. The maximum atomic E-state index is 15.5. The van der Waals surface area contributed by atoms with Crippen LogP contribution in [0.5, 0.6) is 11.5 Å². The van der Waals surface area contributed by atoms with Gasteiger partial charge in [-0.3, -0.25) is 29.5 Å². The first-order valence-corrected chi connectivity index (χ1v) is 21.1. The lowest BCUT2D eigenvalue weighted by Crippen LogP contribution is -2.53. The molecular formula is C47H34Cl2F3N5O7. The van der Waals surface area contributed by atoms with Crippen molar-refractivity contribution in [1.82, 2.24) is 15.0 Å². The van der Waals surface area contributed by atoms with E-state index in [1.165, 1.54) is 0 Å². The Balaban J connectivity index is 1.09. The van der Waals surface area contributed by atoms with E-state index in [-0.39, 0.29) is 36.5 Å². The van der Waals surface area contributed by atoms with Crippen molar-refractivity contribution in [2.24, 2.45) is 23.7 Å². The molecule has 0 bridgehead atoms. The quantitative estimate of drug-likeness (QED) is 0.111. The van der Waals surface area contributed by atoms with E-state index in [0.717, 1.165) is 4.90 Å². The second kappa shape index (κ2) is 15.2. The zero-order chi connectivity index (χ0) is 44.8. The summed E-state index contributed by atoms with van der Waals surface area (Å²) in [4.78, 5) is 69.4. The van der Waals surface area contributed by atoms with Crippen LogP contribution < -0.4 is 15.1 Å². The Hall–Kier alpha value is -6.71. The maximum Gasteiger partial charge on any atom is 0.417 e. The monoisotopic (exact) mass is 907 g/mol. The summed E-state index contributed by atoms with van der Waals surface area (Å²) in [6, 6.07) is 25.8. The summed E-state index contributed by atoms with van der Waals surface area (Å²) in [5.74, 6) is -7.88. The molecule has 64 heavy (non-hydrogen) atoms. The number of imide groups is 2. The van der Waals surface area contributed by atoms with Gasteiger partial charge in [-0.25, -0.2) is 9.97 Å². The fourth-order valence-corrected chi connectivity index (χ4v) is 10.5. The molecule has 2 aromatic heterocycles. The van der Waals surface area contributed by atoms with Crippen LogP contribution in [0.25, 0.3) is 22.6 Å². The second-order valence-electron chi connectivity index (χ2n) is 16.1. The van der Waals surface area contributed by atoms with Crippen LogP contribution in [0.15, 0.2) is 119 Å². The van der Waals surface area contributed by atoms with Gasteiger partial charge in [-0.1, -0.05) is 71.2 Å². The van der Waals surface area contributed by atoms with Gasteiger partial charge >= 0.3 is 6.18 Å². The van der Waals surface area contributed by atoms with E-state index in [1.54, 1.807) is 79.7 Å². The number of halogens is 5. The lowest BCUT2D eigenvalue weighted by molar-refractivity contribution is -0.139. The molecule has 0 radical (unpaired) electrons. The number of carbonyl (C=O) groups is 4. The number of benzene rings is 4. The molecule has 4 aromatic carbocycles. The number of carbonyl (C=O) groups excluding carboxylic acids is 4. The van der Waals surface area contributed by atoms with Gasteiger partial charge in [-0.05, 0) is 91.9 Å². The van der Waals surface area contributed by atoms with E-state index in [4.69, 9.17) is 32.4 Å². The Morgan fingerprint density at radius 1 is 0.922 bits per heavy atom. The Kier molecular flexibility index (Phi) is 9.83. The third-order valence-corrected chi connectivity index (χ3v) is 13.4. The normalized spacial score (nSPS) is 24.2. The third kappa shape index (κ3) is 6.26. The lowest BCUT2D eigenvalue weighted by atomic mass is 9.49. The number of hydrazine groups is 1. The molecule has 4 aliphatic rings. The van der Waals surface area contributed by atoms with Crippen LogP contribution >= 0.6 is 23.2 Å². The second-order valence-corrected chi connectivity index (χ2v) is 16.9. The molecule has 12 nitrogen and oxygen atoms in total. The van der Waals surface area contributed by atoms with E-state index in [9.17, 15) is 27.9 Å². The van der Waals surface area contributed by atoms with E-state index in [0.29, 0.717) is 61.7 Å². The number of fused-ring (bicyclic) bond motifs is 5. The average Bonchev–Trinajstić information content (AvgIpc) is 3.89. The van der Waals surface area contributed by atoms with Gasteiger partial charge in [-0.15, -0.1) is 0 Å². The summed E-state index contributed by atoms with van der Waals surface area (Å²) >= 11 is 12.7. The van der Waals surface area contributed by atoms with Gasteiger partial charge in [0.25, 0.3) is 11.8 Å². The molecule has 6 aromatic rings. The highest BCUT2D eigenvalue weighted by molar-refractivity contribution is 6.33. The van der Waals surface area contributed by atoms with Gasteiger partial charge < -0.3 is 14.3 Å². The summed E-state index contributed by atoms with van der Waals surface area (Å²) in [6.45, 7) is 1.92. The van der Waals surface area contributed by atoms with Crippen LogP contribution in [0.1, 0.15) is 42.4 Å². The zero-order valence-corrected chi connectivity index (χ0v) is 35.0. The van der Waals surface area contributed by atoms with Crippen molar-refractivity contribution in [2.45, 2.75) is 37.3 Å². The fourth-order valence-electron chi connectivity index (χ4n) is 10.2. The van der Waals surface area contributed by atoms with Gasteiger partial charge in [0, 0.05) is 28.3 Å². The number of amides is 4. The molecule has 324 valence electrons. The Morgan fingerprint density at radius 2 is 1.67 bits per heavy atom. The molecule has 2 saturated heterocycles. The summed E-state index contributed by atoms with van der Waals surface area (Å²) in [5, 5.41) is 12.5. The zero-order valence-electron chi connectivity index (χ0n) is 33.5. The Labute approximate surface area is 372 Å². The molecule has 17 heteroatoms. The molecule has 2 N–H and O–H groups in total. The first kappa shape index (κ1) is 41.3. The minimum Gasteiger partial charge on any atom is -0.504 e. The molecule has 4 amide bonds. The van der Waals surface area contributed by atoms with Crippen molar-refractivity contribution in [1.29, 1.82) is 0 Å². The number of para-hydroxylation sites is 3. The highest BCUT2D eigenvalue weighted by Crippen LogP contribution is 2.65. The van der Waals surface area contributed by atoms with Gasteiger partial charge in [0.05, 0.1) is 46.0 Å². The van der Waals surface area contributed by atoms with Crippen LogP contribution in [0.2, 0.25) is 10.0 Å². The minimum atomic E-state index is -4.78. The molecule has 2 aliphatic heterocycles. The van der Waals surface area contributed by atoms with Gasteiger partial charge in [-0.2, -0.15) is 18.2 Å². The topological polar surface area (TPSA) is 155 Å². The number of phenols is 1. The van der Waals surface area contributed by atoms with E-state index in [2.05, 4.69) is 15.4 Å². The molecule has 6 atom stereocenters. The van der Waals surface area contributed by atoms with Crippen LogP contribution in [-0.4, -0.2) is 50.3 Å². The molecule has 1 saturated carbocycles. The fraction of sp³-hybridized carbons (Fsp3) is 0.234. The van der Waals surface area contributed by atoms with Crippen molar-refractivity contribution in [2.75, 3.05) is 16.9 Å². The number of alkyl halides is 3. The number of nitrogens with one attached hydrogen (secondary N) is 1. The largest absolute Gasteiger partial charge is 0.504 e. The summed E-state index contributed by atoms with van der Waals surface area (Å²) in [7, 11) is 0. The van der Waals surface area contributed by atoms with Crippen LogP contribution in [-0.2, 0) is 30.8 Å². The van der Waals surface area contributed by atoms with E-state index in [1.807, 2.05) is 24.3 Å². The number of rotatable bonds is 8. The summed E-state index contributed by atoms with van der Waals surface area (Å²) < 4.78 is 52.5. The number of anilines is 2. The molecule has 2 aliphatic carbocycles. The predicted octanol–water partition coefficient (Wildman–Crippen LogP) is 9.51. The SMILES string of the molecule is CCOc1cccc([C@H]2C3=CC[C@@H]4C(=O)N(c5ccc(-c6nc7ccccc7o6)cc5)C(=O)[C@@H]4[C@@H]3C[C@H]3C(=O)N(Nc4ncc(C(F)(F)F)cc4Cl)C(=O)[C@@]23c2ccc(Cl)cc2)c1O. The van der Waals surface area contributed by atoms with Crippen LogP contribution in [0.3, 0.4) is 0 Å². The summed E-state index contributed by atoms with van der Waals surface area (Å²) in [5.41, 5.74) is 2.90. The van der Waals surface area contributed by atoms with Gasteiger partial charge in [0.1, 0.15) is 5.52 Å². The van der Waals surface area contributed by atoms with Crippen LogP contribution in [0.4, 0.5) is 24.7 Å². The molecule has 0 spiro atoms. The van der Waals surface area contributed by atoms with Crippen molar-refractivity contribution >= 4 is 69.4 Å². The van der Waals surface area contributed by atoms with Crippen molar-refractivity contribution < 1.29 is 46.6 Å². The lowest BCUT2D eigenvalue weighted by Gasteiger charge is -2.50. The number of phenolic OH excluding ortho intramolecular Hbond substituents is 1. The molecule has 4 heterocycles. The molecule has 3 fully saturated rings. The standard InChI is InChI=1S/C47H34Cl2F3N5O7/c1-2-63-36-9-5-6-30(39(36)58)38-28-18-19-29-37(44(61)56(42(29)59)27-16-10-23(11-17-27)41-54-34-7-3-4-8-35(34)64-41)31(28)21-32-43(60)57(45(62)46(32,38)24-12-14-26(48)15-13-24)55-40-33(49)20-25(22-53-40)47(50,51)52/h3-18,20,22,29,31-32,37-38,58H,2,19,21H2,1H3,(H,53,55)/t29-,31+,32-,37-,38+,46+/m0/s1. The Morgan fingerprint density at radius 3 is 2.38 bits per heavy atom.